The highest BCUT2D eigenvalue weighted by Crippen LogP contribution is 2.38. The maximum absolute atomic E-state index is 12.1. The van der Waals surface area contributed by atoms with Crippen LogP contribution in [0.25, 0.3) is 22.4 Å². The van der Waals surface area contributed by atoms with Crippen molar-refractivity contribution in [3.63, 3.8) is 0 Å². The third kappa shape index (κ3) is 5.23. The number of hydrogen-bond donors (Lipinski definition) is 1. The fourth-order valence-electron chi connectivity index (χ4n) is 5.91. The van der Waals surface area contributed by atoms with Crippen molar-refractivity contribution >= 4 is 34.7 Å². The Bertz CT molecular complexity index is 1480. The molecular formula is C30H32ClN5O3. The second-order valence-corrected chi connectivity index (χ2v) is 11.2. The summed E-state index contributed by atoms with van der Waals surface area (Å²) in [6, 6.07) is 17.7. The van der Waals surface area contributed by atoms with Crippen LogP contribution in [0.1, 0.15) is 54.8 Å². The lowest BCUT2D eigenvalue weighted by Crippen LogP contribution is -2.41. The number of nitrogens with zero attached hydrogens (tertiary/aromatic N) is 5. The molecule has 39 heavy (non-hydrogen) atoms. The molecule has 1 aliphatic carbocycles. The molecule has 1 saturated heterocycles. The molecule has 1 N–H and O–H groups in total. The van der Waals surface area contributed by atoms with Crippen molar-refractivity contribution in [2.75, 3.05) is 24.7 Å². The Kier molecular flexibility index (Phi) is 7.23. The molecule has 0 unspecified atom stereocenters. The molecule has 2 aliphatic rings. The van der Waals surface area contributed by atoms with E-state index in [0.29, 0.717) is 42.0 Å². The molecule has 8 nitrogen and oxygen atoms in total. The number of aromatic nitrogens is 4. The van der Waals surface area contributed by atoms with Crippen LogP contribution in [0.5, 0.6) is 0 Å². The summed E-state index contributed by atoms with van der Waals surface area (Å²) in [5, 5.41) is 10.4. The standard InChI is InChI=1S/C30H32ClN5O3/c1-19-10-12-20(13-11-19)17-36-26-25(22-8-5-9-23(31)16-22)32-28(29(37)38)33-27(26)34-30(36)35-14-15-39-18-24(35)21-6-3-2-4-7-21/h2-9,16,19-20,24H,10-15,17-18H2,1H3,(H,37,38)/t19-,20-,24-/m0/s1. The zero-order valence-electron chi connectivity index (χ0n) is 22.0. The predicted molar refractivity (Wildman–Crippen MR) is 151 cm³/mol. The number of rotatable bonds is 6. The number of anilines is 1. The summed E-state index contributed by atoms with van der Waals surface area (Å²) in [6.45, 7) is 4.88. The van der Waals surface area contributed by atoms with Gasteiger partial charge in [-0.3, -0.25) is 0 Å². The summed E-state index contributed by atoms with van der Waals surface area (Å²) in [5.41, 5.74) is 3.55. The molecule has 1 saturated carbocycles. The molecule has 6 rings (SSSR count). The minimum atomic E-state index is -1.19. The molecule has 4 aromatic rings. The molecular weight excluding hydrogens is 514 g/mol. The number of fused-ring (bicyclic) bond motifs is 1. The molecule has 3 heterocycles. The fraction of sp³-hybridized carbons (Fsp3) is 0.400. The van der Waals surface area contributed by atoms with Crippen LogP contribution < -0.4 is 4.90 Å². The van der Waals surface area contributed by atoms with E-state index in [1.807, 2.05) is 36.4 Å². The van der Waals surface area contributed by atoms with E-state index in [1.54, 1.807) is 6.07 Å². The Labute approximate surface area is 232 Å². The Hall–Kier alpha value is -3.49. The first-order valence-corrected chi connectivity index (χ1v) is 14.0. The van der Waals surface area contributed by atoms with E-state index >= 15 is 0 Å². The number of imidazole rings is 1. The van der Waals surface area contributed by atoms with Crippen LogP contribution in [0.3, 0.4) is 0 Å². The average molecular weight is 546 g/mol. The van der Waals surface area contributed by atoms with Crippen LogP contribution in [0.15, 0.2) is 54.6 Å². The molecule has 0 amide bonds. The summed E-state index contributed by atoms with van der Waals surface area (Å²) in [6.07, 6.45) is 4.70. The van der Waals surface area contributed by atoms with Gasteiger partial charge in [-0.05, 0) is 42.4 Å². The van der Waals surface area contributed by atoms with Crippen molar-refractivity contribution in [1.29, 1.82) is 0 Å². The third-order valence-electron chi connectivity index (χ3n) is 8.02. The van der Waals surface area contributed by atoms with E-state index in [0.717, 1.165) is 47.9 Å². The molecule has 202 valence electrons. The van der Waals surface area contributed by atoms with Crippen molar-refractivity contribution in [3.05, 3.63) is 71.0 Å². The van der Waals surface area contributed by atoms with E-state index in [1.165, 1.54) is 12.8 Å². The lowest BCUT2D eigenvalue weighted by molar-refractivity contribution is 0.0684. The normalized spacial score (nSPS) is 21.8. The second kappa shape index (κ2) is 10.9. The van der Waals surface area contributed by atoms with E-state index in [2.05, 4.69) is 38.5 Å². The molecule has 9 heteroatoms. The SMILES string of the molecule is C[C@H]1CC[C@H](Cn2c(N3CCOC[C@H]3c3ccccc3)nc3nc(C(=O)O)nc(-c4cccc(Cl)c4)c32)CC1. The first-order chi connectivity index (χ1) is 19.0. The molecule has 2 fully saturated rings. The number of hydrogen-bond acceptors (Lipinski definition) is 6. The monoisotopic (exact) mass is 545 g/mol. The van der Waals surface area contributed by atoms with Gasteiger partial charge in [-0.25, -0.2) is 14.8 Å². The van der Waals surface area contributed by atoms with Gasteiger partial charge < -0.3 is 19.3 Å². The van der Waals surface area contributed by atoms with Crippen LogP contribution in [0, 0.1) is 11.8 Å². The molecule has 2 aromatic carbocycles. The van der Waals surface area contributed by atoms with Crippen molar-refractivity contribution < 1.29 is 14.6 Å². The highest BCUT2D eigenvalue weighted by molar-refractivity contribution is 6.30. The summed E-state index contributed by atoms with van der Waals surface area (Å²) in [4.78, 5) is 28.3. The number of aromatic carboxylic acids is 1. The van der Waals surface area contributed by atoms with Crippen LogP contribution in [-0.2, 0) is 11.3 Å². The Morgan fingerprint density at radius 1 is 1.05 bits per heavy atom. The number of carboxylic acids is 1. The van der Waals surface area contributed by atoms with Gasteiger partial charge >= 0.3 is 5.97 Å². The summed E-state index contributed by atoms with van der Waals surface area (Å²) in [7, 11) is 0. The highest BCUT2D eigenvalue weighted by Gasteiger charge is 2.32. The average Bonchev–Trinajstić information content (AvgIpc) is 3.32. The quantitative estimate of drug-likeness (QED) is 0.306. The first-order valence-electron chi connectivity index (χ1n) is 13.6. The Balaban J connectivity index is 1.56. The second-order valence-electron chi connectivity index (χ2n) is 10.7. The Morgan fingerprint density at radius 3 is 2.59 bits per heavy atom. The molecule has 1 aliphatic heterocycles. The maximum atomic E-state index is 12.1. The minimum Gasteiger partial charge on any atom is -0.475 e. The van der Waals surface area contributed by atoms with Crippen LogP contribution in [0.2, 0.25) is 5.02 Å². The molecule has 1 atom stereocenters. The fourth-order valence-corrected chi connectivity index (χ4v) is 6.10. The molecule has 2 aromatic heterocycles. The summed E-state index contributed by atoms with van der Waals surface area (Å²) >= 11 is 6.37. The van der Waals surface area contributed by atoms with Gasteiger partial charge in [0.25, 0.3) is 0 Å². The first kappa shape index (κ1) is 25.8. The number of halogens is 1. The van der Waals surface area contributed by atoms with Gasteiger partial charge in [-0.15, -0.1) is 0 Å². The van der Waals surface area contributed by atoms with Gasteiger partial charge in [-0.2, -0.15) is 4.98 Å². The van der Waals surface area contributed by atoms with Crippen molar-refractivity contribution in [1.82, 2.24) is 19.5 Å². The third-order valence-corrected chi connectivity index (χ3v) is 8.25. The van der Waals surface area contributed by atoms with Gasteiger partial charge in [0.2, 0.25) is 11.8 Å². The van der Waals surface area contributed by atoms with E-state index in [4.69, 9.17) is 21.3 Å². The minimum absolute atomic E-state index is 0.0246. The molecule has 0 bridgehead atoms. The smallest absolute Gasteiger partial charge is 0.374 e. The van der Waals surface area contributed by atoms with Gasteiger partial charge in [0, 0.05) is 23.7 Å². The predicted octanol–water partition coefficient (Wildman–Crippen LogP) is 6.25. The van der Waals surface area contributed by atoms with E-state index in [9.17, 15) is 9.90 Å². The van der Waals surface area contributed by atoms with Gasteiger partial charge in [-0.1, -0.05) is 73.8 Å². The van der Waals surface area contributed by atoms with E-state index < -0.39 is 5.97 Å². The van der Waals surface area contributed by atoms with Gasteiger partial charge in [0.1, 0.15) is 11.2 Å². The van der Waals surface area contributed by atoms with Crippen LogP contribution in [0.4, 0.5) is 5.95 Å². The zero-order valence-corrected chi connectivity index (χ0v) is 22.7. The lowest BCUT2D eigenvalue weighted by atomic mass is 9.83. The van der Waals surface area contributed by atoms with Gasteiger partial charge in [0.15, 0.2) is 5.65 Å². The highest BCUT2D eigenvalue weighted by atomic mass is 35.5. The van der Waals surface area contributed by atoms with Crippen LogP contribution in [-0.4, -0.2) is 50.4 Å². The number of morpholine rings is 1. The topological polar surface area (TPSA) is 93.4 Å². The lowest BCUT2D eigenvalue weighted by Gasteiger charge is -2.37. The summed E-state index contributed by atoms with van der Waals surface area (Å²) in [5.74, 6) is 0.541. The number of carboxylic acid groups (broad SMARTS) is 1. The largest absolute Gasteiger partial charge is 0.475 e. The zero-order chi connectivity index (χ0) is 26.9. The number of ether oxygens (including phenoxy) is 1. The van der Waals surface area contributed by atoms with Gasteiger partial charge in [0.05, 0.1) is 19.3 Å². The van der Waals surface area contributed by atoms with Crippen molar-refractivity contribution in [3.8, 4) is 11.3 Å². The van der Waals surface area contributed by atoms with Crippen LogP contribution >= 0.6 is 11.6 Å². The number of benzene rings is 2. The molecule has 0 spiro atoms. The maximum Gasteiger partial charge on any atom is 0.374 e. The Morgan fingerprint density at radius 2 is 1.85 bits per heavy atom. The van der Waals surface area contributed by atoms with Crippen molar-refractivity contribution in [2.24, 2.45) is 11.8 Å². The molecule has 0 radical (unpaired) electrons. The summed E-state index contributed by atoms with van der Waals surface area (Å²) < 4.78 is 8.16. The van der Waals surface area contributed by atoms with E-state index in [-0.39, 0.29) is 11.9 Å². The van der Waals surface area contributed by atoms with Crippen molar-refractivity contribution in [2.45, 2.75) is 45.2 Å². The number of carbonyl (C=O) groups is 1.